The smallest absolute Gasteiger partial charge is 0.339 e. The molecule has 0 unspecified atom stereocenters. The minimum absolute atomic E-state index is 0.0860. The van der Waals surface area contributed by atoms with Gasteiger partial charge in [0.15, 0.2) is 17.5 Å². The largest absolute Gasteiger partial charge is 0.399 e. The van der Waals surface area contributed by atoms with Crippen molar-refractivity contribution in [1.29, 1.82) is 0 Å². The second-order valence-electron chi connectivity index (χ2n) is 8.69. The van der Waals surface area contributed by atoms with Gasteiger partial charge in [-0.3, -0.25) is 4.98 Å². The van der Waals surface area contributed by atoms with Gasteiger partial charge in [0.2, 0.25) is 0 Å². The quantitative estimate of drug-likeness (QED) is 0.247. The average molecular weight is 481 g/mol. The standard InChI is InChI=1S/C24H18F7N3/c25-13-5-6-18-15(9-13)14(7-8-32-18)11-1-3-12(4-2-11)19(24(29,30)31)23-33-21-17(27)10-16(26)20(28)22(21)34-23/h5-12,19H,1-4H2,(H,33,34)/t11-,12+,19-/m1/s1. The topological polar surface area (TPSA) is 41.6 Å². The van der Waals surface area contributed by atoms with Crippen molar-refractivity contribution >= 4 is 21.9 Å². The molecule has 1 N–H and O–H groups in total. The van der Waals surface area contributed by atoms with Crippen LogP contribution in [0, 0.1) is 29.2 Å². The van der Waals surface area contributed by atoms with E-state index in [1.54, 1.807) is 18.3 Å². The molecule has 0 aliphatic heterocycles. The Labute approximate surface area is 189 Å². The number of nitrogens with one attached hydrogen (secondary N) is 1. The number of benzene rings is 2. The van der Waals surface area contributed by atoms with Crippen LogP contribution in [0.3, 0.4) is 0 Å². The molecule has 4 aromatic rings. The van der Waals surface area contributed by atoms with Crippen LogP contribution in [0.4, 0.5) is 30.7 Å². The Morgan fingerprint density at radius 3 is 2.35 bits per heavy atom. The number of aromatic nitrogens is 3. The SMILES string of the molecule is Fc1ccc2nccc([C@H]3CC[C@@H]([C@H](c4nc5c(F)cc(F)c(F)c5[nH]4)C(F)(F)F)CC3)c2c1. The lowest BCUT2D eigenvalue weighted by Gasteiger charge is -2.34. The van der Waals surface area contributed by atoms with Crippen LogP contribution in [0.15, 0.2) is 36.5 Å². The number of nitrogens with zero attached hydrogens (tertiary/aromatic N) is 2. The van der Waals surface area contributed by atoms with Gasteiger partial charge in [-0.25, -0.2) is 22.5 Å². The van der Waals surface area contributed by atoms with Gasteiger partial charge in [-0.2, -0.15) is 13.2 Å². The molecule has 0 saturated heterocycles. The summed E-state index contributed by atoms with van der Waals surface area (Å²) in [5.74, 6) is -8.34. The van der Waals surface area contributed by atoms with Crippen LogP contribution < -0.4 is 0 Å². The maximum atomic E-state index is 14.1. The van der Waals surface area contributed by atoms with Gasteiger partial charge in [-0.15, -0.1) is 0 Å². The molecule has 3 nitrogen and oxygen atoms in total. The van der Waals surface area contributed by atoms with Crippen molar-refractivity contribution in [3.8, 4) is 0 Å². The number of rotatable bonds is 3. The lowest BCUT2D eigenvalue weighted by molar-refractivity contribution is -0.166. The van der Waals surface area contributed by atoms with Gasteiger partial charge in [-0.1, -0.05) is 0 Å². The van der Waals surface area contributed by atoms with Crippen molar-refractivity contribution in [2.24, 2.45) is 5.92 Å². The third-order valence-electron chi connectivity index (χ3n) is 6.70. The van der Waals surface area contributed by atoms with Crippen LogP contribution in [-0.4, -0.2) is 21.1 Å². The fourth-order valence-electron chi connectivity index (χ4n) is 5.14. The zero-order chi connectivity index (χ0) is 24.2. The first-order valence-electron chi connectivity index (χ1n) is 10.8. The first-order valence-corrected chi connectivity index (χ1v) is 10.8. The summed E-state index contributed by atoms with van der Waals surface area (Å²) in [5.41, 5.74) is 0.0467. The van der Waals surface area contributed by atoms with Gasteiger partial charge in [-0.05, 0) is 67.3 Å². The molecule has 1 saturated carbocycles. The molecule has 2 heterocycles. The molecule has 178 valence electrons. The summed E-state index contributed by atoms with van der Waals surface area (Å²) < 4.78 is 97.7. The molecule has 2 aromatic carbocycles. The van der Waals surface area contributed by atoms with E-state index in [-0.39, 0.29) is 24.8 Å². The third kappa shape index (κ3) is 3.88. The van der Waals surface area contributed by atoms with Crippen molar-refractivity contribution in [3.63, 3.8) is 0 Å². The van der Waals surface area contributed by atoms with Crippen LogP contribution in [0.2, 0.25) is 0 Å². The highest BCUT2D eigenvalue weighted by Crippen LogP contribution is 2.48. The van der Waals surface area contributed by atoms with Gasteiger partial charge < -0.3 is 4.98 Å². The molecule has 5 rings (SSSR count). The second kappa shape index (κ2) is 8.25. The average Bonchev–Trinajstić information content (AvgIpc) is 3.22. The van der Waals surface area contributed by atoms with E-state index in [1.807, 2.05) is 0 Å². The third-order valence-corrected chi connectivity index (χ3v) is 6.70. The number of aromatic amines is 1. The lowest BCUT2D eigenvalue weighted by Crippen LogP contribution is -2.31. The highest BCUT2D eigenvalue weighted by Gasteiger charge is 2.48. The van der Waals surface area contributed by atoms with E-state index in [0.717, 1.165) is 5.56 Å². The summed E-state index contributed by atoms with van der Waals surface area (Å²) in [6, 6.07) is 6.25. The molecular weight excluding hydrogens is 463 g/mol. The fourth-order valence-corrected chi connectivity index (χ4v) is 5.14. The molecule has 0 amide bonds. The molecule has 1 aliphatic carbocycles. The molecule has 1 atom stereocenters. The number of hydrogen-bond donors (Lipinski definition) is 1. The number of alkyl halides is 3. The Hall–Kier alpha value is -3.17. The number of pyridine rings is 1. The molecule has 34 heavy (non-hydrogen) atoms. The van der Waals surface area contributed by atoms with E-state index in [9.17, 15) is 30.7 Å². The minimum atomic E-state index is -4.73. The molecule has 0 radical (unpaired) electrons. The van der Waals surface area contributed by atoms with E-state index < -0.39 is 58.1 Å². The number of imidazole rings is 1. The Morgan fingerprint density at radius 2 is 1.65 bits per heavy atom. The van der Waals surface area contributed by atoms with Crippen LogP contribution in [0.25, 0.3) is 21.9 Å². The molecule has 10 heteroatoms. The van der Waals surface area contributed by atoms with E-state index >= 15 is 0 Å². The maximum absolute atomic E-state index is 14.1. The van der Waals surface area contributed by atoms with Gasteiger partial charge in [0.1, 0.15) is 28.6 Å². The van der Waals surface area contributed by atoms with Crippen molar-refractivity contribution in [2.45, 2.75) is 43.7 Å². The van der Waals surface area contributed by atoms with Crippen LogP contribution in [0.5, 0.6) is 0 Å². The van der Waals surface area contributed by atoms with Crippen LogP contribution in [0.1, 0.15) is 48.9 Å². The van der Waals surface area contributed by atoms with E-state index in [4.69, 9.17) is 0 Å². The monoisotopic (exact) mass is 481 g/mol. The zero-order valence-electron chi connectivity index (χ0n) is 17.6. The first kappa shape index (κ1) is 22.6. The molecular formula is C24H18F7N3. The Balaban J connectivity index is 1.45. The van der Waals surface area contributed by atoms with Gasteiger partial charge >= 0.3 is 6.18 Å². The van der Waals surface area contributed by atoms with E-state index in [0.29, 0.717) is 23.7 Å². The minimum Gasteiger partial charge on any atom is -0.339 e. The normalized spacial score (nSPS) is 20.2. The molecule has 1 fully saturated rings. The van der Waals surface area contributed by atoms with Crippen molar-refractivity contribution in [3.05, 3.63) is 71.2 Å². The lowest BCUT2D eigenvalue weighted by atomic mass is 9.73. The summed E-state index contributed by atoms with van der Waals surface area (Å²) in [7, 11) is 0. The fraction of sp³-hybridized carbons (Fsp3) is 0.333. The van der Waals surface area contributed by atoms with E-state index in [1.165, 1.54) is 12.1 Å². The summed E-state index contributed by atoms with van der Waals surface area (Å²) in [5, 5.41) is 0.628. The first-order chi connectivity index (χ1) is 16.1. The summed E-state index contributed by atoms with van der Waals surface area (Å²) in [6.07, 6.45) is -1.98. The number of fused-ring (bicyclic) bond motifs is 2. The summed E-state index contributed by atoms with van der Waals surface area (Å²) in [6.45, 7) is 0. The van der Waals surface area contributed by atoms with Gasteiger partial charge in [0, 0.05) is 17.6 Å². The summed E-state index contributed by atoms with van der Waals surface area (Å²) >= 11 is 0. The molecule has 1 aliphatic rings. The number of hydrogen-bond acceptors (Lipinski definition) is 2. The second-order valence-corrected chi connectivity index (χ2v) is 8.69. The van der Waals surface area contributed by atoms with Crippen LogP contribution in [-0.2, 0) is 0 Å². The Morgan fingerprint density at radius 1 is 0.912 bits per heavy atom. The van der Waals surface area contributed by atoms with Crippen LogP contribution >= 0.6 is 0 Å². The highest BCUT2D eigenvalue weighted by atomic mass is 19.4. The number of H-pyrrole nitrogens is 1. The Kier molecular flexibility index (Phi) is 5.49. The number of halogens is 7. The van der Waals surface area contributed by atoms with Gasteiger partial charge in [0.25, 0.3) is 0 Å². The highest BCUT2D eigenvalue weighted by molar-refractivity contribution is 5.82. The van der Waals surface area contributed by atoms with Crippen molar-refractivity contribution in [2.75, 3.05) is 0 Å². The molecule has 0 spiro atoms. The summed E-state index contributed by atoms with van der Waals surface area (Å²) in [4.78, 5) is 10.1. The Bertz CT molecular complexity index is 1370. The molecule has 2 aromatic heterocycles. The van der Waals surface area contributed by atoms with Crippen molar-refractivity contribution in [1.82, 2.24) is 15.0 Å². The zero-order valence-corrected chi connectivity index (χ0v) is 17.6. The predicted molar refractivity (Wildman–Crippen MR) is 111 cm³/mol. The van der Waals surface area contributed by atoms with E-state index in [2.05, 4.69) is 15.0 Å². The van der Waals surface area contributed by atoms with Gasteiger partial charge in [0.05, 0.1) is 5.52 Å². The predicted octanol–water partition coefficient (Wildman–Crippen LogP) is 7.29. The van der Waals surface area contributed by atoms with Crippen molar-refractivity contribution < 1.29 is 30.7 Å². The molecule has 0 bridgehead atoms. The maximum Gasteiger partial charge on any atom is 0.399 e.